The molecule has 2 rings (SSSR count). The third kappa shape index (κ3) is 2.91. The van der Waals surface area contributed by atoms with Crippen LogP contribution < -0.4 is 5.73 Å². The molecule has 2 heterocycles. The SMILES string of the molecule is CN(Cc1ccsc1)C(=O)c1cc([N+](=O)[O-])cnc1N. The summed E-state index contributed by atoms with van der Waals surface area (Å²) in [7, 11) is 1.61. The van der Waals surface area contributed by atoms with Crippen molar-refractivity contribution in [2.75, 3.05) is 12.8 Å². The number of hydrogen-bond donors (Lipinski definition) is 1. The predicted octanol–water partition coefficient (Wildman–Crippen LogP) is 1.91. The highest BCUT2D eigenvalue weighted by molar-refractivity contribution is 7.07. The van der Waals surface area contributed by atoms with Gasteiger partial charge in [-0.1, -0.05) is 0 Å². The van der Waals surface area contributed by atoms with Gasteiger partial charge in [0.15, 0.2) is 0 Å². The molecule has 0 saturated heterocycles. The van der Waals surface area contributed by atoms with Crippen LogP contribution in [0.1, 0.15) is 15.9 Å². The number of amides is 1. The first-order valence-corrected chi connectivity index (χ1v) is 6.59. The molecule has 0 fully saturated rings. The van der Waals surface area contributed by atoms with Gasteiger partial charge < -0.3 is 10.6 Å². The Kier molecular flexibility index (Phi) is 3.94. The van der Waals surface area contributed by atoms with Crippen molar-refractivity contribution in [3.05, 3.63) is 50.3 Å². The molecule has 7 nitrogen and oxygen atoms in total. The molecule has 0 aromatic carbocycles. The molecule has 0 bridgehead atoms. The summed E-state index contributed by atoms with van der Waals surface area (Å²) >= 11 is 1.53. The third-order valence-electron chi connectivity index (χ3n) is 2.69. The zero-order valence-corrected chi connectivity index (χ0v) is 11.5. The number of carbonyl (C=O) groups excluding carboxylic acids is 1. The van der Waals surface area contributed by atoms with Crippen molar-refractivity contribution in [3.63, 3.8) is 0 Å². The number of carbonyl (C=O) groups is 1. The fraction of sp³-hybridized carbons (Fsp3) is 0.167. The molecule has 2 aromatic heterocycles. The number of hydrogen-bond acceptors (Lipinski definition) is 6. The highest BCUT2D eigenvalue weighted by Gasteiger charge is 2.19. The summed E-state index contributed by atoms with van der Waals surface area (Å²) in [6.45, 7) is 0.407. The molecule has 1 amide bonds. The first kappa shape index (κ1) is 13.9. The second-order valence-corrected chi connectivity index (χ2v) is 4.96. The summed E-state index contributed by atoms with van der Waals surface area (Å²) in [5, 5.41) is 14.6. The molecule has 0 radical (unpaired) electrons. The van der Waals surface area contributed by atoms with Gasteiger partial charge in [-0.15, -0.1) is 0 Å². The smallest absolute Gasteiger partial charge is 0.288 e. The maximum Gasteiger partial charge on any atom is 0.288 e. The Bertz CT molecular complexity index is 642. The molecule has 104 valence electrons. The summed E-state index contributed by atoms with van der Waals surface area (Å²) in [6.07, 6.45) is 1.03. The number of anilines is 1. The van der Waals surface area contributed by atoms with Gasteiger partial charge in [0.1, 0.15) is 12.0 Å². The van der Waals surface area contributed by atoms with Crippen LogP contribution >= 0.6 is 11.3 Å². The average molecular weight is 292 g/mol. The Morgan fingerprint density at radius 3 is 2.95 bits per heavy atom. The van der Waals surface area contributed by atoms with Gasteiger partial charge in [0, 0.05) is 19.7 Å². The molecule has 0 atom stereocenters. The molecule has 2 N–H and O–H groups in total. The summed E-state index contributed by atoms with van der Waals surface area (Å²) in [6, 6.07) is 3.05. The standard InChI is InChI=1S/C12H12N4O3S/c1-15(6-8-2-3-20-7-8)12(17)10-4-9(16(18)19)5-14-11(10)13/h2-5,7H,6H2,1H3,(H2,13,14). The predicted molar refractivity (Wildman–Crippen MR) is 75.4 cm³/mol. The van der Waals surface area contributed by atoms with Crippen molar-refractivity contribution in [1.29, 1.82) is 0 Å². The molecule has 8 heteroatoms. The van der Waals surface area contributed by atoms with E-state index in [1.54, 1.807) is 7.05 Å². The lowest BCUT2D eigenvalue weighted by atomic mass is 10.2. The van der Waals surface area contributed by atoms with Gasteiger partial charge in [0.05, 0.1) is 10.5 Å². The maximum absolute atomic E-state index is 12.3. The molecule has 0 aliphatic rings. The Morgan fingerprint density at radius 1 is 1.60 bits per heavy atom. The third-order valence-corrected chi connectivity index (χ3v) is 3.42. The van der Waals surface area contributed by atoms with E-state index in [4.69, 9.17) is 5.73 Å². The number of rotatable bonds is 4. The molecule has 0 aliphatic heterocycles. The quantitative estimate of drug-likeness (QED) is 0.685. The average Bonchev–Trinajstić information content (AvgIpc) is 2.91. The van der Waals surface area contributed by atoms with E-state index in [0.29, 0.717) is 6.54 Å². The van der Waals surface area contributed by atoms with Crippen molar-refractivity contribution in [1.82, 2.24) is 9.88 Å². The lowest BCUT2D eigenvalue weighted by molar-refractivity contribution is -0.385. The van der Waals surface area contributed by atoms with E-state index in [1.807, 2.05) is 16.8 Å². The van der Waals surface area contributed by atoms with Crippen LogP contribution in [-0.4, -0.2) is 27.8 Å². The zero-order chi connectivity index (χ0) is 14.7. The normalized spacial score (nSPS) is 10.2. The lowest BCUT2D eigenvalue weighted by Gasteiger charge is -2.17. The van der Waals surface area contributed by atoms with Crippen LogP contribution in [0, 0.1) is 10.1 Å². The molecule has 0 unspecified atom stereocenters. The monoisotopic (exact) mass is 292 g/mol. The van der Waals surface area contributed by atoms with Crippen LogP contribution in [0.25, 0.3) is 0 Å². The highest BCUT2D eigenvalue weighted by Crippen LogP contribution is 2.19. The van der Waals surface area contributed by atoms with E-state index in [0.717, 1.165) is 17.8 Å². The highest BCUT2D eigenvalue weighted by atomic mass is 32.1. The molecule has 0 spiro atoms. The Hall–Kier alpha value is -2.48. The van der Waals surface area contributed by atoms with E-state index in [1.165, 1.54) is 16.2 Å². The van der Waals surface area contributed by atoms with Crippen molar-refractivity contribution < 1.29 is 9.72 Å². The van der Waals surface area contributed by atoms with E-state index in [9.17, 15) is 14.9 Å². The maximum atomic E-state index is 12.3. The number of thiophene rings is 1. The van der Waals surface area contributed by atoms with Crippen molar-refractivity contribution in [2.24, 2.45) is 0 Å². The number of nitrogens with zero attached hydrogens (tertiary/aromatic N) is 3. The van der Waals surface area contributed by atoms with E-state index in [-0.39, 0.29) is 17.1 Å². The van der Waals surface area contributed by atoms with Crippen LogP contribution in [0.5, 0.6) is 0 Å². The van der Waals surface area contributed by atoms with Gasteiger partial charge in [0.25, 0.3) is 11.6 Å². The summed E-state index contributed by atoms with van der Waals surface area (Å²) in [4.78, 5) is 27.5. The topological polar surface area (TPSA) is 102 Å². The largest absolute Gasteiger partial charge is 0.383 e. The Balaban J connectivity index is 2.23. The zero-order valence-electron chi connectivity index (χ0n) is 10.6. The number of nitrogen functional groups attached to an aromatic ring is 1. The van der Waals surface area contributed by atoms with Crippen LogP contribution in [-0.2, 0) is 6.54 Å². The Labute approximate surface area is 118 Å². The minimum atomic E-state index is -0.609. The lowest BCUT2D eigenvalue weighted by Crippen LogP contribution is -2.27. The second kappa shape index (κ2) is 5.66. The number of nitrogens with two attached hydrogens (primary N) is 1. The van der Waals surface area contributed by atoms with Gasteiger partial charge in [-0.2, -0.15) is 11.3 Å². The molecule has 0 saturated carbocycles. The summed E-state index contributed by atoms with van der Waals surface area (Å²) in [5.41, 5.74) is 6.39. The first-order chi connectivity index (χ1) is 9.49. The number of pyridine rings is 1. The van der Waals surface area contributed by atoms with Gasteiger partial charge in [-0.3, -0.25) is 14.9 Å². The first-order valence-electron chi connectivity index (χ1n) is 5.65. The van der Waals surface area contributed by atoms with Gasteiger partial charge in [-0.25, -0.2) is 4.98 Å². The summed E-state index contributed by atoms with van der Waals surface area (Å²) in [5.74, 6) is -0.414. The fourth-order valence-corrected chi connectivity index (χ4v) is 2.33. The number of aromatic nitrogens is 1. The molecule has 20 heavy (non-hydrogen) atoms. The number of nitro groups is 1. The van der Waals surface area contributed by atoms with Crippen LogP contribution in [0.3, 0.4) is 0 Å². The van der Waals surface area contributed by atoms with Gasteiger partial charge >= 0.3 is 0 Å². The summed E-state index contributed by atoms with van der Waals surface area (Å²) < 4.78 is 0. The van der Waals surface area contributed by atoms with Crippen LogP contribution in [0.15, 0.2) is 29.1 Å². The van der Waals surface area contributed by atoms with Gasteiger partial charge in [0.2, 0.25) is 0 Å². The van der Waals surface area contributed by atoms with Crippen LogP contribution in [0.2, 0.25) is 0 Å². The molecule has 0 aliphatic carbocycles. The van der Waals surface area contributed by atoms with E-state index in [2.05, 4.69) is 4.98 Å². The van der Waals surface area contributed by atoms with Crippen molar-refractivity contribution in [3.8, 4) is 0 Å². The molecular weight excluding hydrogens is 280 g/mol. The van der Waals surface area contributed by atoms with Gasteiger partial charge in [-0.05, 0) is 22.4 Å². The van der Waals surface area contributed by atoms with E-state index < -0.39 is 10.8 Å². The molecular formula is C12H12N4O3S. The van der Waals surface area contributed by atoms with Crippen molar-refractivity contribution >= 4 is 28.7 Å². The molecule has 2 aromatic rings. The van der Waals surface area contributed by atoms with Crippen molar-refractivity contribution in [2.45, 2.75) is 6.54 Å². The van der Waals surface area contributed by atoms with E-state index >= 15 is 0 Å². The minimum Gasteiger partial charge on any atom is -0.383 e. The fourth-order valence-electron chi connectivity index (χ4n) is 1.67. The Morgan fingerprint density at radius 2 is 2.35 bits per heavy atom. The minimum absolute atomic E-state index is 0.0160. The second-order valence-electron chi connectivity index (χ2n) is 4.18. The van der Waals surface area contributed by atoms with Crippen LogP contribution in [0.4, 0.5) is 11.5 Å².